The van der Waals surface area contributed by atoms with Crippen LogP contribution in [0.1, 0.15) is 32.7 Å². The summed E-state index contributed by atoms with van der Waals surface area (Å²) in [5.41, 5.74) is 1.22. The van der Waals surface area contributed by atoms with E-state index in [4.69, 9.17) is 11.6 Å². The number of benzene rings is 1. The van der Waals surface area contributed by atoms with Crippen molar-refractivity contribution < 1.29 is 19.9 Å². The molecule has 0 saturated heterocycles. The molecule has 7 nitrogen and oxygen atoms in total. The number of nitrogens with zero attached hydrogens (tertiary/aromatic N) is 2. The summed E-state index contributed by atoms with van der Waals surface area (Å²) in [6.45, 7) is 5.22. The molecule has 0 fully saturated rings. The van der Waals surface area contributed by atoms with Gasteiger partial charge in [0.2, 0.25) is 5.75 Å². The molecule has 2 rings (SSSR count). The first-order chi connectivity index (χ1) is 10.6. The number of nitro groups is 1. The lowest BCUT2D eigenvalue weighted by molar-refractivity contribution is -0.386. The van der Waals surface area contributed by atoms with E-state index >= 15 is 0 Å². The zero-order valence-corrected chi connectivity index (χ0v) is 13.3. The van der Waals surface area contributed by atoms with Gasteiger partial charge in [-0.1, -0.05) is 11.6 Å². The number of phenols is 2. The van der Waals surface area contributed by atoms with Crippen LogP contribution in [-0.4, -0.2) is 25.9 Å². The van der Waals surface area contributed by atoms with Crippen molar-refractivity contribution in [2.75, 3.05) is 0 Å². The van der Waals surface area contributed by atoms with Crippen LogP contribution in [0.2, 0.25) is 5.15 Å². The molecule has 0 saturated carbocycles. The van der Waals surface area contributed by atoms with E-state index in [9.17, 15) is 25.1 Å². The number of carbonyl (C=O) groups is 1. The van der Waals surface area contributed by atoms with Crippen LogP contribution in [0.3, 0.4) is 0 Å². The highest BCUT2D eigenvalue weighted by Crippen LogP contribution is 2.37. The van der Waals surface area contributed by atoms with Crippen molar-refractivity contribution in [3.05, 3.63) is 55.3 Å². The molecule has 0 aliphatic rings. The second-order valence-corrected chi connectivity index (χ2v) is 5.42. The number of rotatable bonds is 3. The minimum atomic E-state index is -0.896. The Labute approximate surface area is 136 Å². The summed E-state index contributed by atoms with van der Waals surface area (Å²) in [4.78, 5) is 26.7. The van der Waals surface area contributed by atoms with Gasteiger partial charge in [0.05, 0.1) is 10.5 Å². The predicted molar refractivity (Wildman–Crippen MR) is 83.3 cm³/mol. The number of halogens is 1. The number of pyridine rings is 1. The van der Waals surface area contributed by atoms with Crippen molar-refractivity contribution in [1.82, 2.24) is 4.98 Å². The molecule has 2 N–H and O–H groups in total. The molecule has 23 heavy (non-hydrogen) atoms. The van der Waals surface area contributed by atoms with E-state index in [0.717, 1.165) is 17.7 Å². The van der Waals surface area contributed by atoms with Gasteiger partial charge in [-0.05, 0) is 38.0 Å². The molecule has 0 amide bonds. The molecule has 8 heteroatoms. The molecule has 0 atom stereocenters. The number of aromatic nitrogens is 1. The normalized spacial score (nSPS) is 10.6. The van der Waals surface area contributed by atoms with Crippen LogP contribution in [0.4, 0.5) is 5.69 Å². The van der Waals surface area contributed by atoms with Gasteiger partial charge in [-0.2, -0.15) is 0 Å². The molecule has 0 radical (unpaired) electrons. The van der Waals surface area contributed by atoms with Crippen molar-refractivity contribution in [2.45, 2.75) is 20.8 Å². The third kappa shape index (κ3) is 2.83. The van der Waals surface area contributed by atoms with Crippen LogP contribution in [0, 0.1) is 30.9 Å². The first kappa shape index (κ1) is 16.7. The van der Waals surface area contributed by atoms with Gasteiger partial charge in [-0.3, -0.25) is 14.9 Å². The molecule has 2 aromatic rings. The van der Waals surface area contributed by atoms with Crippen LogP contribution in [-0.2, 0) is 0 Å². The molecule has 1 aromatic heterocycles. The standard InChI is InChI=1S/C15H13ClN2O5/c1-6-7(2)12(15(16)17-8(6)3)13(20)9-4-10(18(22)23)14(21)11(19)5-9/h4-5,19,21H,1-3H3. The lowest BCUT2D eigenvalue weighted by Gasteiger charge is -2.12. The Morgan fingerprint density at radius 1 is 1.22 bits per heavy atom. The zero-order chi connectivity index (χ0) is 17.5. The Hall–Kier alpha value is -2.67. The summed E-state index contributed by atoms with van der Waals surface area (Å²) >= 11 is 6.05. The Kier molecular flexibility index (Phi) is 4.24. The van der Waals surface area contributed by atoms with Gasteiger partial charge in [-0.25, -0.2) is 4.98 Å². The van der Waals surface area contributed by atoms with Crippen molar-refractivity contribution in [2.24, 2.45) is 0 Å². The predicted octanol–water partition coefficient (Wildman–Crippen LogP) is 3.21. The minimum Gasteiger partial charge on any atom is -0.504 e. The molecule has 1 aromatic carbocycles. The summed E-state index contributed by atoms with van der Waals surface area (Å²) in [6, 6.07) is 1.85. The van der Waals surface area contributed by atoms with Crippen LogP contribution in [0.15, 0.2) is 12.1 Å². The Morgan fingerprint density at radius 2 is 1.83 bits per heavy atom. The number of phenolic OH excluding ortho intramolecular Hbond substituents is 2. The monoisotopic (exact) mass is 336 g/mol. The van der Waals surface area contributed by atoms with E-state index in [0.29, 0.717) is 11.3 Å². The third-order valence-electron chi connectivity index (χ3n) is 3.71. The Balaban J connectivity index is 2.68. The van der Waals surface area contributed by atoms with Crippen LogP contribution < -0.4 is 0 Å². The van der Waals surface area contributed by atoms with Crippen LogP contribution in [0.5, 0.6) is 11.5 Å². The van der Waals surface area contributed by atoms with Gasteiger partial charge in [0.15, 0.2) is 11.5 Å². The molecule has 0 unspecified atom stereocenters. The van der Waals surface area contributed by atoms with Gasteiger partial charge < -0.3 is 10.2 Å². The van der Waals surface area contributed by atoms with Crippen LogP contribution in [0.25, 0.3) is 0 Å². The quantitative estimate of drug-likeness (QED) is 0.292. The second kappa shape index (κ2) is 5.85. The summed E-state index contributed by atoms with van der Waals surface area (Å²) in [7, 11) is 0. The SMILES string of the molecule is Cc1nc(Cl)c(C(=O)c2cc(O)c(O)c([N+](=O)[O-])c2)c(C)c1C. The fraction of sp³-hybridized carbons (Fsp3) is 0.200. The zero-order valence-electron chi connectivity index (χ0n) is 12.5. The van der Waals surface area contributed by atoms with Gasteiger partial charge in [0.1, 0.15) is 5.15 Å². The molecule has 0 bridgehead atoms. The van der Waals surface area contributed by atoms with Crippen molar-refractivity contribution in [3.63, 3.8) is 0 Å². The molecular weight excluding hydrogens is 324 g/mol. The smallest absolute Gasteiger partial charge is 0.315 e. The van der Waals surface area contributed by atoms with E-state index in [1.54, 1.807) is 20.8 Å². The molecule has 0 aliphatic carbocycles. The summed E-state index contributed by atoms with van der Waals surface area (Å²) < 4.78 is 0. The summed E-state index contributed by atoms with van der Waals surface area (Å²) in [6.07, 6.45) is 0. The van der Waals surface area contributed by atoms with E-state index < -0.39 is 27.9 Å². The lowest BCUT2D eigenvalue weighted by Crippen LogP contribution is -2.09. The molecule has 0 spiro atoms. The number of nitro benzene ring substituents is 1. The van der Waals surface area contributed by atoms with E-state index in [1.807, 2.05) is 0 Å². The first-order valence-electron chi connectivity index (χ1n) is 6.53. The maximum atomic E-state index is 12.7. The van der Waals surface area contributed by atoms with E-state index in [2.05, 4.69) is 4.98 Å². The summed E-state index contributed by atoms with van der Waals surface area (Å²) in [5.74, 6) is -2.28. The van der Waals surface area contributed by atoms with E-state index in [1.165, 1.54) is 0 Å². The van der Waals surface area contributed by atoms with E-state index in [-0.39, 0.29) is 16.3 Å². The van der Waals surface area contributed by atoms with Crippen LogP contribution >= 0.6 is 11.6 Å². The van der Waals surface area contributed by atoms with Gasteiger partial charge >= 0.3 is 5.69 Å². The topological polar surface area (TPSA) is 114 Å². The summed E-state index contributed by atoms with van der Waals surface area (Å²) in [5, 5.41) is 30.0. The lowest BCUT2D eigenvalue weighted by atomic mass is 9.96. The van der Waals surface area contributed by atoms with Crippen molar-refractivity contribution in [1.29, 1.82) is 0 Å². The van der Waals surface area contributed by atoms with Crippen molar-refractivity contribution >= 4 is 23.1 Å². The number of aryl methyl sites for hydroxylation is 1. The number of hydrogen-bond acceptors (Lipinski definition) is 6. The van der Waals surface area contributed by atoms with Gasteiger partial charge in [-0.15, -0.1) is 0 Å². The maximum Gasteiger partial charge on any atom is 0.315 e. The number of hydrogen-bond donors (Lipinski definition) is 2. The highest BCUT2D eigenvalue weighted by Gasteiger charge is 2.25. The number of ketones is 1. The largest absolute Gasteiger partial charge is 0.504 e. The highest BCUT2D eigenvalue weighted by molar-refractivity contribution is 6.34. The molecular formula is C15H13ClN2O5. The highest BCUT2D eigenvalue weighted by atomic mass is 35.5. The average molecular weight is 337 g/mol. The molecule has 120 valence electrons. The Morgan fingerprint density at radius 3 is 2.39 bits per heavy atom. The first-order valence-corrected chi connectivity index (χ1v) is 6.91. The average Bonchev–Trinajstić information content (AvgIpc) is 2.47. The second-order valence-electron chi connectivity index (χ2n) is 5.06. The molecule has 1 heterocycles. The third-order valence-corrected chi connectivity index (χ3v) is 3.98. The van der Waals surface area contributed by atoms with Gasteiger partial charge in [0.25, 0.3) is 0 Å². The minimum absolute atomic E-state index is 0.0224. The maximum absolute atomic E-state index is 12.7. The van der Waals surface area contributed by atoms with Crippen molar-refractivity contribution in [3.8, 4) is 11.5 Å². The fourth-order valence-electron chi connectivity index (χ4n) is 2.18. The van der Waals surface area contributed by atoms with Gasteiger partial charge in [0, 0.05) is 17.3 Å². The fourth-order valence-corrected chi connectivity index (χ4v) is 2.54. The number of aromatic hydroxyl groups is 2. The number of carbonyl (C=O) groups excluding carboxylic acids is 1. The molecule has 0 aliphatic heterocycles. The Bertz CT molecular complexity index is 848.